The van der Waals surface area contributed by atoms with E-state index in [-0.39, 0.29) is 0 Å². The van der Waals surface area contributed by atoms with Crippen LogP contribution in [-0.4, -0.2) is 19.5 Å². The van der Waals surface area contributed by atoms with Gasteiger partial charge in [-0.15, -0.1) is 0 Å². The summed E-state index contributed by atoms with van der Waals surface area (Å²) >= 11 is 0. The van der Waals surface area contributed by atoms with Gasteiger partial charge in [-0.1, -0.05) is 152 Å². The number of nitrogens with zero attached hydrogens (tertiary/aromatic N) is 4. The lowest BCUT2D eigenvalue weighted by atomic mass is 9.88. The molecule has 0 amide bonds. The summed E-state index contributed by atoms with van der Waals surface area (Å²) in [6, 6.07) is 67.4. The lowest BCUT2D eigenvalue weighted by Gasteiger charge is -2.17. The highest BCUT2D eigenvalue weighted by atomic mass is 16.3. The van der Waals surface area contributed by atoms with Crippen LogP contribution in [-0.2, 0) is 0 Å². The SMILES string of the molecule is c1ccc(-c2nc(-c3ccccc3)nc(-c3ccccc3-c3ccc4oc5ccccc5c4c3-c3ccc(-n4c5ccccc5c5ccccc54)cc3)n2)cc1. The molecule has 0 unspecified atom stereocenters. The van der Waals surface area contributed by atoms with E-state index in [1.54, 1.807) is 0 Å². The van der Waals surface area contributed by atoms with Crippen molar-refractivity contribution < 1.29 is 4.42 Å². The molecule has 0 N–H and O–H groups in total. The molecule has 262 valence electrons. The van der Waals surface area contributed by atoms with Crippen molar-refractivity contribution in [3.8, 4) is 62.1 Å². The fourth-order valence-corrected chi connectivity index (χ4v) is 8.16. The molecule has 0 atom stereocenters. The molecular formula is C51H32N4O. The lowest BCUT2D eigenvalue weighted by molar-refractivity contribution is 0.669. The Morgan fingerprint density at radius 3 is 1.50 bits per heavy atom. The lowest BCUT2D eigenvalue weighted by Crippen LogP contribution is -2.01. The number of furan rings is 1. The first-order chi connectivity index (χ1) is 27.8. The maximum Gasteiger partial charge on any atom is 0.164 e. The number of hydrogen-bond donors (Lipinski definition) is 0. The minimum absolute atomic E-state index is 0.609. The highest BCUT2D eigenvalue weighted by Crippen LogP contribution is 2.45. The van der Waals surface area contributed by atoms with Crippen molar-refractivity contribution in [2.75, 3.05) is 0 Å². The first kappa shape index (κ1) is 31.9. The molecule has 11 aromatic rings. The Bertz CT molecular complexity index is 3130. The van der Waals surface area contributed by atoms with E-state index in [1.807, 2.05) is 72.8 Å². The second-order valence-electron chi connectivity index (χ2n) is 14.0. The van der Waals surface area contributed by atoms with Crippen molar-refractivity contribution in [3.63, 3.8) is 0 Å². The van der Waals surface area contributed by atoms with Crippen LogP contribution in [0.15, 0.2) is 199 Å². The number of aromatic nitrogens is 4. The van der Waals surface area contributed by atoms with Gasteiger partial charge in [-0.3, -0.25) is 0 Å². The summed E-state index contributed by atoms with van der Waals surface area (Å²) in [5.74, 6) is 1.86. The van der Waals surface area contributed by atoms with Crippen molar-refractivity contribution in [1.29, 1.82) is 0 Å². The molecule has 5 nitrogen and oxygen atoms in total. The maximum atomic E-state index is 6.49. The number of hydrogen-bond acceptors (Lipinski definition) is 4. The first-order valence-corrected chi connectivity index (χ1v) is 18.8. The fourth-order valence-electron chi connectivity index (χ4n) is 8.16. The van der Waals surface area contributed by atoms with Gasteiger partial charge in [-0.25, -0.2) is 15.0 Å². The molecule has 0 saturated carbocycles. The second kappa shape index (κ2) is 13.0. The van der Waals surface area contributed by atoms with Gasteiger partial charge in [0.2, 0.25) is 0 Å². The van der Waals surface area contributed by atoms with E-state index in [9.17, 15) is 0 Å². The summed E-state index contributed by atoms with van der Waals surface area (Å²) in [6.07, 6.45) is 0. The third-order valence-corrected chi connectivity index (χ3v) is 10.7. The van der Waals surface area contributed by atoms with Gasteiger partial charge in [-0.05, 0) is 59.2 Å². The molecule has 56 heavy (non-hydrogen) atoms. The second-order valence-corrected chi connectivity index (χ2v) is 14.0. The number of benzene rings is 8. The average Bonchev–Trinajstić information content (AvgIpc) is 3.83. The molecule has 11 rings (SSSR count). The van der Waals surface area contributed by atoms with Crippen molar-refractivity contribution in [3.05, 3.63) is 194 Å². The van der Waals surface area contributed by atoms with Crippen molar-refractivity contribution in [2.45, 2.75) is 0 Å². The summed E-state index contributed by atoms with van der Waals surface area (Å²) < 4.78 is 8.85. The third kappa shape index (κ3) is 5.21. The molecule has 5 heteroatoms. The minimum Gasteiger partial charge on any atom is -0.456 e. The molecule has 0 aliphatic carbocycles. The zero-order valence-electron chi connectivity index (χ0n) is 30.2. The molecule has 0 radical (unpaired) electrons. The normalized spacial score (nSPS) is 11.6. The van der Waals surface area contributed by atoms with Crippen LogP contribution in [0, 0.1) is 0 Å². The van der Waals surface area contributed by atoms with E-state index < -0.39 is 0 Å². The highest BCUT2D eigenvalue weighted by molar-refractivity contribution is 6.16. The zero-order chi connectivity index (χ0) is 37.0. The number of fused-ring (bicyclic) bond motifs is 6. The Kier molecular flexibility index (Phi) is 7.42. The van der Waals surface area contributed by atoms with Crippen LogP contribution >= 0.6 is 0 Å². The Morgan fingerprint density at radius 1 is 0.339 bits per heavy atom. The van der Waals surface area contributed by atoms with Gasteiger partial charge in [0.1, 0.15) is 11.2 Å². The van der Waals surface area contributed by atoms with E-state index >= 15 is 0 Å². The summed E-state index contributed by atoms with van der Waals surface area (Å²) in [5.41, 5.74) is 12.2. The maximum absolute atomic E-state index is 6.49. The van der Waals surface area contributed by atoms with Crippen LogP contribution in [0.4, 0.5) is 0 Å². The number of rotatable bonds is 6. The van der Waals surface area contributed by atoms with Crippen LogP contribution in [0.3, 0.4) is 0 Å². The van der Waals surface area contributed by atoms with Crippen LogP contribution in [0.2, 0.25) is 0 Å². The van der Waals surface area contributed by atoms with Crippen molar-refractivity contribution >= 4 is 43.7 Å². The topological polar surface area (TPSA) is 56.7 Å². The van der Waals surface area contributed by atoms with Crippen LogP contribution in [0.25, 0.3) is 106 Å². The molecule has 0 bridgehead atoms. The van der Waals surface area contributed by atoms with E-state index in [2.05, 4.69) is 126 Å². The summed E-state index contributed by atoms with van der Waals surface area (Å²) in [7, 11) is 0. The molecule has 3 aromatic heterocycles. The Hall–Kier alpha value is -7.63. The third-order valence-electron chi connectivity index (χ3n) is 10.7. The van der Waals surface area contributed by atoms with Crippen LogP contribution in [0.5, 0.6) is 0 Å². The van der Waals surface area contributed by atoms with Crippen molar-refractivity contribution in [2.24, 2.45) is 0 Å². The Balaban J connectivity index is 1.14. The van der Waals surface area contributed by atoms with Gasteiger partial charge in [0, 0.05) is 49.5 Å². The van der Waals surface area contributed by atoms with Crippen LogP contribution in [0.1, 0.15) is 0 Å². The first-order valence-electron chi connectivity index (χ1n) is 18.8. The molecule has 0 spiro atoms. The van der Waals surface area contributed by atoms with E-state index in [1.165, 1.54) is 21.8 Å². The zero-order valence-corrected chi connectivity index (χ0v) is 30.2. The molecule has 3 heterocycles. The summed E-state index contributed by atoms with van der Waals surface area (Å²) in [5, 5.41) is 4.62. The largest absolute Gasteiger partial charge is 0.456 e. The summed E-state index contributed by atoms with van der Waals surface area (Å²) in [4.78, 5) is 15.2. The minimum atomic E-state index is 0.609. The van der Waals surface area contributed by atoms with E-state index in [0.717, 1.165) is 66.6 Å². The van der Waals surface area contributed by atoms with Gasteiger partial charge in [0.15, 0.2) is 17.5 Å². The molecular weight excluding hydrogens is 685 g/mol. The van der Waals surface area contributed by atoms with Gasteiger partial charge >= 0.3 is 0 Å². The standard InChI is InChI=1S/C51H32N4O/c1-3-15-34(16-4-1)49-52-50(35-17-5-2-6-18-35)54-51(53-49)41-22-8-7-19-37(41)40-31-32-46-48(42-23-11-14-26-45(42)56-46)47(40)33-27-29-36(30-28-33)55-43-24-12-9-20-38(43)39-21-10-13-25-44(39)55/h1-32H. The fraction of sp³-hybridized carbons (Fsp3) is 0. The highest BCUT2D eigenvalue weighted by Gasteiger charge is 2.22. The van der Waals surface area contributed by atoms with Gasteiger partial charge in [-0.2, -0.15) is 0 Å². The molecule has 0 aliphatic rings. The van der Waals surface area contributed by atoms with Gasteiger partial charge < -0.3 is 8.98 Å². The number of para-hydroxylation sites is 3. The van der Waals surface area contributed by atoms with Crippen LogP contribution < -0.4 is 0 Å². The molecule has 0 aliphatic heterocycles. The molecule has 8 aromatic carbocycles. The van der Waals surface area contributed by atoms with E-state index in [4.69, 9.17) is 19.4 Å². The Labute approximate surface area is 322 Å². The Morgan fingerprint density at radius 2 is 0.857 bits per heavy atom. The molecule has 0 fully saturated rings. The average molecular weight is 717 g/mol. The quantitative estimate of drug-likeness (QED) is 0.172. The van der Waals surface area contributed by atoms with Crippen molar-refractivity contribution in [1.82, 2.24) is 19.5 Å². The van der Waals surface area contributed by atoms with E-state index in [0.29, 0.717) is 17.5 Å². The summed E-state index contributed by atoms with van der Waals surface area (Å²) in [6.45, 7) is 0. The smallest absolute Gasteiger partial charge is 0.164 e. The van der Waals surface area contributed by atoms with Gasteiger partial charge in [0.05, 0.1) is 11.0 Å². The predicted molar refractivity (Wildman–Crippen MR) is 229 cm³/mol. The predicted octanol–water partition coefficient (Wildman–Crippen LogP) is 13.2. The molecule has 0 saturated heterocycles. The van der Waals surface area contributed by atoms with Gasteiger partial charge in [0.25, 0.3) is 0 Å². The monoisotopic (exact) mass is 716 g/mol.